The molecule has 0 N–H and O–H groups in total. The molecular weight excluding hydrogens is 408 g/mol. The Labute approximate surface area is 189 Å². The molecule has 0 unspecified atom stereocenters. The van der Waals surface area contributed by atoms with E-state index in [0.717, 1.165) is 86.9 Å². The molecule has 1 aromatic heterocycles. The number of fused-ring (bicyclic) bond motifs is 1. The van der Waals surface area contributed by atoms with Crippen LogP contribution in [-0.4, -0.2) is 66.6 Å². The Balaban J connectivity index is 1.36. The van der Waals surface area contributed by atoms with Crippen LogP contribution in [0.5, 0.6) is 11.5 Å². The second-order valence-corrected chi connectivity index (χ2v) is 8.91. The number of amides is 1. The van der Waals surface area contributed by atoms with Crippen LogP contribution in [0.2, 0.25) is 0 Å². The normalized spacial score (nSPS) is 17.7. The van der Waals surface area contributed by atoms with E-state index in [1.165, 1.54) is 0 Å². The van der Waals surface area contributed by atoms with Crippen molar-refractivity contribution in [2.45, 2.75) is 51.5 Å². The summed E-state index contributed by atoms with van der Waals surface area (Å²) in [4.78, 5) is 15.1. The molecule has 2 aliphatic heterocycles. The highest BCUT2D eigenvalue weighted by molar-refractivity contribution is 5.79. The first-order chi connectivity index (χ1) is 15.6. The van der Waals surface area contributed by atoms with Crippen molar-refractivity contribution in [3.8, 4) is 11.5 Å². The van der Waals surface area contributed by atoms with Gasteiger partial charge in [0.2, 0.25) is 5.91 Å². The van der Waals surface area contributed by atoms with Crippen LogP contribution in [0, 0.1) is 5.41 Å². The van der Waals surface area contributed by atoms with E-state index in [9.17, 15) is 4.79 Å². The summed E-state index contributed by atoms with van der Waals surface area (Å²) in [7, 11) is 4.98. The number of piperidine rings is 1. The SMILES string of the molecule is COCCc1nnc2n1CCC1(CC2)CCN(C(=O)Cc2cc(OC)ccc2OC)CC1. The van der Waals surface area contributed by atoms with Crippen molar-refractivity contribution >= 4 is 5.91 Å². The lowest BCUT2D eigenvalue weighted by Gasteiger charge is -2.41. The van der Waals surface area contributed by atoms with E-state index in [4.69, 9.17) is 14.2 Å². The fraction of sp³-hybridized carbons (Fsp3) is 0.625. The topological polar surface area (TPSA) is 78.7 Å². The van der Waals surface area contributed by atoms with Gasteiger partial charge in [-0.2, -0.15) is 0 Å². The second kappa shape index (κ2) is 9.90. The van der Waals surface area contributed by atoms with Crippen LogP contribution in [0.3, 0.4) is 0 Å². The number of nitrogens with zero attached hydrogens (tertiary/aromatic N) is 4. The van der Waals surface area contributed by atoms with Crippen LogP contribution < -0.4 is 9.47 Å². The molecule has 0 radical (unpaired) electrons. The lowest BCUT2D eigenvalue weighted by Crippen LogP contribution is -2.44. The molecule has 174 valence electrons. The van der Waals surface area contributed by atoms with Gasteiger partial charge in [-0.25, -0.2) is 0 Å². The summed E-state index contributed by atoms with van der Waals surface area (Å²) in [6, 6.07) is 5.60. The monoisotopic (exact) mass is 442 g/mol. The maximum absolute atomic E-state index is 13.1. The van der Waals surface area contributed by atoms with Crippen molar-refractivity contribution in [3.63, 3.8) is 0 Å². The van der Waals surface area contributed by atoms with Crippen molar-refractivity contribution in [1.82, 2.24) is 19.7 Å². The molecule has 8 nitrogen and oxygen atoms in total. The molecule has 1 aromatic carbocycles. The third kappa shape index (κ3) is 4.75. The van der Waals surface area contributed by atoms with Crippen molar-refractivity contribution in [2.24, 2.45) is 5.41 Å². The molecule has 1 spiro atoms. The maximum atomic E-state index is 13.1. The Bertz CT molecular complexity index is 934. The number of methoxy groups -OCH3 is 3. The number of aryl methyl sites for hydroxylation is 1. The average Bonchev–Trinajstić information content (AvgIpc) is 3.13. The molecule has 0 atom stereocenters. The number of hydrogen-bond donors (Lipinski definition) is 0. The van der Waals surface area contributed by atoms with Gasteiger partial charge < -0.3 is 23.7 Å². The van der Waals surface area contributed by atoms with E-state index in [0.29, 0.717) is 13.0 Å². The summed E-state index contributed by atoms with van der Waals surface area (Å²) in [6.07, 6.45) is 6.39. The third-order valence-electron chi connectivity index (χ3n) is 7.18. The van der Waals surface area contributed by atoms with Gasteiger partial charge in [0.15, 0.2) is 0 Å². The van der Waals surface area contributed by atoms with E-state index < -0.39 is 0 Å². The molecule has 3 heterocycles. The smallest absolute Gasteiger partial charge is 0.227 e. The van der Waals surface area contributed by atoms with Crippen LogP contribution >= 0.6 is 0 Å². The summed E-state index contributed by atoms with van der Waals surface area (Å²) in [5.41, 5.74) is 1.15. The summed E-state index contributed by atoms with van der Waals surface area (Å²) >= 11 is 0. The molecular formula is C24H34N4O4. The first-order valence-electron chi connectivity index (χ1n) is 11.5. The fourth-order valence-corrected chi connectivity index (χ4v) is 5.07. The molecule has 2 aromatic rings. The van der Waals surface area contributed by atoms with Gasteiger partial charge in [-0.15, -0.1) is 10.2 Å². The Morgan fingerprint density at radius 2 is 1.81 bits per heavy atom. The molecule has 8 heteroatoms. The Hall–Kier alpha value is -2.61. The fourth-order valence-electron chi connectivity index (χ4n) is 5.07. The van der Waals surface area contributed by atoms with Crippen LogP contribution in [-0.2, 0) is 35.3 Å². The number of hydrogen-bond acceptors (Lipinski definition) is 6. The van der Waals surface area contributed by atoms with E-state index >= 15 is 0 Å². The molecule has 1 fully saturated rings. The molecule has 0 aliphatic carbocycles. The van der Waals surface area contributed by atoms with Crippen LogP contribution in [0.1, 0.15) is 42.9 Å². The first kappa shape index (κ1) is 22.6. The molecule has 2 aliphatic rings. The first-order valence-corrected chi connectivity index (χ1v) is 11.5. The predicted octanol–water partition coefficient (Wildman–Crippen LogP) is 2.67. The molecule has 32 heavy (non-hydrogen) atoms. The van der Waals surface area contributed by atoms with Gasteiger partial charge in [-0.05, 0) is 49.3 Å². The molecule has 1 saturated heterocycles. The number of ether oxygens (including phenoxy) is 3. The van der Waals surface area contributed by atoms with Crippen LogP contribution in [0.25, 0.3) is 0 Å². The van der Waals surface area contributed by atoms with Crippen molar-refractivity contribution < 1.29 is 19.0 Å². The third-order valence-corrected chi connectivity index (χ3v) is 7.18. The number of benzene rings is 1. The quantitative estimate of drug-likeness (QED) is 0.656. The largest absolute Gasteiger partial charge is 0.497 e. The Morgan fingerprint density at radius 1 is 1.03 bits per heavy atom. The zero-order valence-corrected chi connectivity index (χ0v) is 19.4. The molecule has 0 saturated carbocycles. The standard InChI is InChI=1S/C24H34N4O4/c1-30-15-7-22-26-25-21-6-8-24(11-14-28(21)22)9-12-27(13-10-24)23(29)17-18-16-19(31-2)4-5-20(18)32-3/h4-5,16H,6-15,17H2,1-3H3. The number of likely N-dealkylation sites (tertiary alicyclic amines) is 1. The number of aromatic nitrogens is 3. The Kier molecular flexibility index (Phi) is 6.98. The molecule has 1 amide bonds. The highest BCUT2D eigenvalue weighted by Gasteiger charge is 2.37. The minimum absolute atomic E-state index is 0.152. The Morgan fingerprint density at radius 3 is 2.53 bits per heavy atom. The van der Waals surface area contributed by atoms with Crippen molar-refractivity contribution in [1.29, 1.82) is 0 Å². The van der Waals surface area contributed by atoms with E-state index in [1.54, 1.807) is 21.3 Å². The van der Waals surface area contributed by atoms with Gasteiger partial charge in [0.25, 0.3) is 0 Å². The summed E-state index contributed by atoms with van der Waals surface area (Å²) in [6.45, 7) is 3.24. The number of rotatable bonds is 7. The van der Waals surface area contributed by atoms with E-state index in [1.807, 2.05) is 23.1 Å². The van der Waals surface area contributed by atoms with Gasteiger partial charge in [0.1, 0.15) is 23.1 Å². The van der Waals surface area contributed by atoms with Crippen molar-refractivity contribution in [2.75, 3.05) is 41.0 Å². The summed E-state index contributed by atoms with van der Waals surface area (Å²) < 4.78 is 18.3. The zero-order chi connectivity index (χ0) is 22.6. The van der Waals surface area contributed by atoms with Gasteiger partial charge in [-0.3, -0.25) is 4.79 Å². The summed E-state index contributed by atoms with van der Waals surface area (Å²) in [5.74, 6) is 3.74. The number of carbonyl (C=O) groups excluding carboxylic acids is 1. The minimum atomic E-state index is 0.152. The second-order valence-electron chi connectivity index (χ2n) is 8.91. The van der Waals surface area contributed by atoms with Gasteiger partial charge in [0, 0.05) is 45.1 Å². The zero-order valence-electron chi connectivity index (χ0n) is 19.4. The predicted molar refractivity (Wildman–Crippen MR) is 120 cm³/mol. The van der Waals surface area contributed by atoms with Crippen LogP contribution in [0.4, 0.5) is 0 Å². The maximum Gasteiger partial charge on any atom is 0.227 e. The van der Waals surface area contributed by atoms with Gasteiger partial charge in [-0.1, -0.05) is 0 Å². The number of carbonyl (C=O) groups is 1. The lowest BCUT2D eigenvalue weighted by atomic mass is 9.72. The van der Waals surface area contributed by atoms with Gasteiger partial charge in [0.05, 0.1) is 27.2 Å². The van der Waals surface area contributed by atoms with E-state index in [-0.39, 0.29) is 11.3 Å². The minimum Gasteiger partial charge on any atom is -0.497 e. The van der Waals surface area contributed by atoms with Crippen LogP contribution in [0.15, 0.2) is 18.2 Å². The highest BCUT2D eigenvalue weighted by Crippen LogP contribution is 2.42. The van der Waals surface area contributed by atoms with E-state index in [2.05, 4.69) is 14.8 Å². The lowest BCUT2D eigenvalue weighted by molar-refractivity contribution is -0.133. The summed E-state index contributed by atoms with van der Waals surface area (Å²) in [5, 5.41) is 8.81. The van der Waals surface area contributed by atoms with Crippen molar-refractivity contribution in [3.05, 3.63) is 35.4 Å². The highest BCUT2D eigenvalue weighted by atomic mass is 16.5. The molecule has 4 rings (SSSR count). The average molecular weight is 443 g/mol. The molecule has 0 bridgehead atoms. The van der Waals surface area contributed by atoms with Gasteiger partial charge >= 0.3 is 0 Å².